The van der Waals surface area contributed by atoms with Crippen LogP contribution in [0.4, 0.5) is 18.9 Å². The zero-order chi connectivity index (χ0) is 18.6. The van der Waals surface area contributed by atoms with Gasteiger partial charge in [0.1, 0.15) is 5.75 Å². The first kappa shape index (κ1) is 19.5. The van der Waals surface area contributed by atoms with Gasteiger partial charge < -0.3 is 10.1 Å². The van der Waals surface area contributed by atoms with E-state index in [0.717, 1.165) is 17.0 Å². The lowest BCUT2D eigenvalue weighted by molar-refractivity contribution is -0.137. The summed E-state index contributed by atoms with van der Waals surface area (Å²) in [5.74, 6) is 0.145. The first-order valence-corrected chi connectivity index (χ1v) is 8.45. The van der Waals surface area contributed by atoms with Crippen LogP contribution in [0.3, 0.4) is 0 Å². The quantitative estimate of drug-likeness (QED) is 0.687. The number of halogens is 4. The molecular weight excluding hydrogens is 375 g/mol. The highest BCUT2D eigenvalue weighted by Crippen LogP contribution is 2.37. The highest BCUT2D eigenvalue weighted by Gasteiger charge is 2.34. The minimum absolute atomic E-state index is 0.0500. The Morgan fingerprint density at radius 3 is 2.40 bits per heavy atom. The summed E-state index contributed by atoms with van der Waals surface area (Å²) in [5.41, 5.74) is -1.29. The van der Waals surface area contributed by atoms with Gasteiger partial charge in [0.05, 0.1) is 23.6 Å². The Hall–Kier alpha value is -1.86. The monoisotopic (exact) mass is 389 g/mol. The van der Waals surface area contributed by atoms with E-state index in [2.05, 4.69) is 5.32 Å². The number of anilines is 1. The van der Waals surface area contributed by atoms with E-state index in [9.17, 15) is 18.0 Å². The van der Waals surface area contributed by atoms with E-state index in [-0.39, 0.29) is 10.7 Å². The topological polar surface area (TPSA) is 38.3 Å². The van der Waals surface area contributed by atoms with Crippen LogP contribution in [0.2, 0.25) is 5.02 Å². The third-order valence-corrected chi connectivity index (χ3v) is 4.63. The second-order valence-corrected chi connectivity index (χ2v) is 6.96. The van der Waals surface area contributed by atoms with Crippen molar-refractivity contribution in [3.63, 3.8) is 0 Å². The maximum atomic E-state index is 13.1. The van der Waals surface area contributed by atoms with Crippen molar-refractivity contribution >= 4 is 35.0 Å². The molecule has 25 heavy (non-hydrogen) atoms. The molecule has 8 heteroatoms. The lowest BCUT2D eigenvalue weighted by Gasteiger charge is -2.16. The van der Waals surface area contributed by atoms with Crippen LogP contribution in [0, 0.1) is 0 Å². The van der Waals surface area contributed by atoms with Gasteiger partial charge in [0.15, 0.2) is 0 Å². The molecule has 0 aliphatic carbocycles. The van der Waals surface area contributed by atoms with E-state index in [4.69, 9.17) is 16.3 Å². The number of nitrogens with one attached hydrogen (secondary N) is 1. The van der Waals surface area contributed by atoms with Crippen LogP contribution in [-0.4, -0.2) is 18.3 Å². The number of amides is 1. The number of methoxy groups -OCH3 is 1. The van der Waals surface area contributed by atoms with Crippen LogP contribution in [-0.2, 0) is 11.0 Å². The number of alkyl halides is 3. The van der Waals surface area contributed by atoms with Crippen LogP contribution in [0.5, 0.6) is 5.75 Å². The summed E-state index contributed by atoms with van der Waals surface area (Å²) in [4.78, 5) is 13.0. The van der Waals surface area contributed by atoms with Gasteiger partial charge in [-0.15, -0.1) is 11.8 Å². The predicted molar refractivity (Wildman–Crippen MR) is 93.4 cm³/mol. The average Bonchev–Trinajstić information content (AvgIpc) is 2.56. The molecule has 3 nitrogen and oxygen atoms in total. The smallest absolute Gasteiger partial charge is 0.418 e. The van der Waals surface area contributed by atoms with Crippen molar-refractivity contribution in [3.8, 4) is 5.75 Å². The Labute approximate surface area is 152 Å². The molecule has 0 fully saturated rings. The molecule has 0 bridgehead atoms. The lowest BCUT2D eigenvalue weighted by Crippen LogP contribution is -2.24. The Morgan fingerprint density at radius 1 is 1.20 bits per heavy atom. The number of carbonyl (C=O) groups is 1. The van der Waals surface area contributed by atoms with Gasteiger partial charge in [0.25, 0.3) is 0 Å². The molecule has 0 aliphatic rings. The number of hydrogen-bond donors (Lipinski definition) is 1. The van der Waals surface area contributed by atoms with Gasteiger partial charge in [0, 0.05) is 9.92 Å². The van der Waals surface area contributed by atoms with E-state index < -0.39 is 22.9 Å². The highest BCUT2D eigenvalue weighted by atomic mass is 35.5. The highest BCUT2D eigenvalue weighted by molar-refractivity contribution is 8.00. The minimum atomic E-state index is -4.61. The van der Waals surface area contributed by atoms with Crippen molar-refractivity contribution in [1.82, 2.24) is 0 Å². The first-order chi connectivity index (χ1) is 11.7. The Bertz CT molecular complexity index is 751. The van der Waals surface area contributed by atoms with Gasteiger partial charge in [-0.3, -0.25) is 4.79 Å². The summed E-state index contributed by atoms with van der Waals surface area (Å²) < 4.78 is 44.3. The van der Waals surface area contributed by atoms with E-state index in [1.54, 1.807) is 38.3 Å². The molecule has 0 radical (unpaired) electrons. The summed E-state index contributed by atoms with van der Waals surface area (Å²) in [6, 6.07) is 10.3. The molecule has 134 valence electrons. The molecule has 1 N–H and O–H groups in total. The lowest BCUT2D eigenvalue weighted by atomic mass is 10.1. The fourth-order valence-electron chi connectivity index (χ4n) is 2.01. The zero-order valence-corrected chi connectivity index (χ0v) is 14.9. The van der Waals surface area contributed by atoms with E-state index >= 15 is 0 Å². The van der Waals surface area contributed by atoms with Crippen molar-refractivity contribution < 1.29 is 22.7 Å². The summed E-state index contributed by atoms with van der Waals surface area (Å²) in [7, 11) is 1.54. The Morgan fingerprint density at radius 2 is 1.84 bits per heavy atom. The number of hydrogen-bond acceptors (Lipinski definition) is 3. The normalized spacial score (nSPS) is 12.6. The third kappa shape index (κ3) is 5.31. The molecule has 0 aliphatic heterocycles. The first-order valence-electron chi connectivity index (χ1n) is 7.19. The van der Waals surface area contributed by atoms with Gasteiger partial charge in [-0.25, -0.2) is 0 Å². The largest absolute Gasteiger partial charge is 0.497 e. The second kappa shape index (κ2) is 8.01. The molecule has 0 saturated heterocycles. The molecule has 2 rings (SSSR count). The number of thioether (sulfide) groups is 1. The van der Waals surface area contributed by atoms with Crippen LogP contribution < -0.4 is 10.1 Å². The summed E-state index contributed by atoms with van der Waals surface area (Å²) >= 11 is 6.86. The van der Waals surface area contributed by atoms with Crippen molar-refractivity contribution in [3.05, 3.63) is 53.1 Å². The van der Waals surface area contributed by atoms with Crippen molar-refractivity contribution in [2.24, 2.45) is 0 Å². The zero-order valence-electron chi connectivity index (χ0n) is 13.4. The van der Waals surface area contributed by atoms with Gasteiger partial charge in [0.2, 0.25) is 5.91 Å². The molecular formula is C17H15ClF3NO2S. The third-order valence-electron chi connectivity index (χ3n) is 3.29. The fourth-order valence-corrected chi connectivity index (χ4v) is 3.05. The van der Waals surface area contributed by atoms with Gasteiger partial charge in [-0.2, -0.15) is 13.2 Å². The van der Waals surface area contributed by atoms with Crippen LogP contribution >= 0.6 is 23.4 Å². The molecule has 1 atom stereocenters. The van der Waals surface area contributed by atoms with Crippen LogP contribution in [0.25, 0.3) is 0 Å². The molecule has 0 aromatic heterocycles. The summed E-state index contributed by atoms with van der Waals surface area (Å²) in [5, 5.41) is 1.68. The molecule has 0 heterocycles. The Balaban J connectivity index is 2.10. The number of carbonyl (C=O) groups excluding carboxylic acids is 1. The van der Waals surface area contributed by atoms with Gasteiger partial charge in [-0.1, -0.05) is 11.6 Å². The molecule has 0 spiro atoms. The second-order valence-electron chi connectivity index (χ2n) is 5.11. The molecule has 0 saturated carbocycles. The molecule has 1 amide bonds. The van der Waals surface area contributed by atoms with E-state index in [1.165, 1.54) is 17.8 Å². The van der Waals surface area contributed by atoms with Crippen LogP contribution in [0.1, 0.15) is 12.5 Å². The minimum Gasteiger partial charge on any atom is -0.497 e. The fraction of sp³-hybridized carbons (Fsp3) is 0.235. The maximum Gasteiger partial charge on any atom is 0.418 e. The average molecular weight is 390 g/mol. The van der Waals surface area contributed by atoms with Crippen molar-refractivity contribution in [2.45, 2.75) is 23.2 Å². The number of rotatable bonds is 5. The summed E-state index contributed by atoms with van der Waals surface area (Å²) in [6.45, 7) is 1.62. The molecule has 2 aromatic rings. The molecule has 2 aromatic carbocycles. The predicted octanol–water partition coefficient (Wildman–Crippen LogP) is 5.49. The van der Waals surface area contributed by atoms with Gasteiger partial charge >= 0.3 is 6.18 Å². The summed E-state index contributed by atoms with van der Waals surface area (Å²) in [6.07, 6.45) is -4.61. The SMILES string of the molecule is COc1ccc(SC(C)C(=O)Nc2ccc(Cl)cc2C(F)(F)F)cc1. The van der Waals surface area contributed by atoms with Crippen molar-refractivity contribution in [1.29, 1.82) is 0 Å². The standard InChI is InChI=1S/C17H15ClF3NO2S/c1-10(25-13-6-4-12(24-2)5-7-13)16(23)22-15-8-3-11(18)9-14(15)17(19,20)21/h3-10H,1-2H3,(H,22,23). The van der Waals surface area contributed by atoms with E-state index in [1.807, 2.05) is 0 Å². The van der Waals surface area contributed by atoms with Gasteiger partial charge in [-0.05, 0) is 49.4 Å². The maximum absolute atomic E-state index is 13.1. The number of ether oxygens (including phenoxy) is 1. The van der Waals surface area contributed by atoms with E-state index in [0.29, 0.717) is 5.75 Å². The Kier molecular flexibility index (Phi) is 6.24. The number of benzene rings is 2. The van der Waals surface area contributed by atoms with Crippen LogP contribution in [0.15, 0.2) is 47.4 Å². The molecule has 1 unspecified atom stereocenters. The van der Waals surface area contributed by atoms with Crippen molar-refractivity contribution in [2.75, 3.05) is 12.4 Å².